The molecule has 2 N–H and O–H groups in total. The Bertz CT molecular complexity index is 593. The number of rotatable bonds is 4. The van der Waals surface area contributed by atoms with Gasteiger partial charge in [0.15, 0.2) is 0 Å². The van der Waals surface area contributed by atoms with Crippen molar-refractivity contribution in [1.29, 1.82) is 0 Å². The minimum absolute atomic E-state index is 0.121. The first-order valence-corrected chi connectivity index (χ1v) is 9.03. The van der Waals surface area contributed by atoms with Crippen molar-refractivity contribution in [3.63, 3.8) is 0 Å². The summed E-state index contributed by atoms with van der Waals surface area (Å²) in [5.74, 6) is 0.941. The third kappa shape index (κ3) is 4.15. The smallest absolute Gasteiger partial charge is 0.211 e. The van der Waals surface area contributed by atoms with Gasteiger partial charge in [0.1, 0.15) is 5.82 Å². The molecule has 0 aromatic carbocycles. The highest BCUT2D eigenvalue weighted by Crippen LogP contribution is 2.20. The Morgan fingerprint density at radius 2 is 1.95 bits per heavy atom. The lowest BCUT2D eigenvalue weighted by Crippen LogP contribution is -2.48. The molecule has 0 radical (unpaired) electrons. The predicted octanol–water partition coefficient (Wildman–Crippen LogP) is 0.361. The molecule has 1 saturated heterocycles. The van der Waals surface area contributed by atoms with E-state index in [0.29, 0.717) is 26.2 Å². The van der Waals surface area contributed by atoms with E-state index in [2.05, 4.69) is 16.0 Å². The van der Waals surface area contributed by atoms with Gasteiger partial charge in [-0.15, -0.1) is 0 Å². The summed E-state index contributed by atoms with van der Waals surface area (Å²) in [4.78, 5) is 6.69. The Balaban J connectivity index is 2.07. The molecule has 2 rings (SSSR count). The summed E-state index contributed by atoms with van der Waals surface area (Å²) in [7, 11) is -3.09. The molecule has 21 heavy (non-hydrogen) atoms. The minimum Gasteiger partial charge on any atom is -0.354 e. The van der Waals surface area contributed by atoms with Gasteiger partial charge in [0.25, 0.3) is 0 Å². The highest BCUT2D eigenvalue weighted by atomic mass is 32.2. The maximum atomic E-state index is 11.5. The molecule has 118 valence electrons. The van der Waals surface area contributed by atoms with E-state index in [9.17, 15) is 8.42 Å². The summed E-state index contributed by atoms with van der Waals surface area (Å²) in [5.41, 5.74) is 8.06. The fourth-order valence-electron chi connectivity index (χ4n) is 2.67. The predicted molar refractivity (Wildman–Crippen MR) is 85.0 cm³/mol. The van der Waals surface area contributed by atoms with Gasteiger partial charge in [0.05, 0.1) is 6.26 Å². The second kappa shape index (κ2) is 6.29. The molecule has 0 aliphatic carbocycles. The number of anilines is 1. The van der Waals surface area contributed by atoms with Crippen LogP contribution in [0.25, 0.3) is 0 Å². The summed E-state index contributed by atoms with van der Waals surface area (Å²) < 4.78 is 24.6. The lowest BCUT2D eigenvalue weighted by atomic mass is 10.1. The van der Waals surface area contributed by atoms with Gasteiger partial charge in [-0.1, -0.05) is 6.07 Å². The summed E-state index contributed by atoms with van der Waals surface area (Å²) >= 11 is 0. The van der Waals surface area contributed by atoms with Gasteiger partial charge in [-0.3, -0.25) is 0 Å². The highest BCUT2D eigenvalue weighted by molar-refractivity contribution is 7.88. The zero-order valence-electron chi connectivity index (χ0n) is 12.9. The maximum absolute atomic E-state index is 11.5. The number of aryl methyl sites for hydroxylation is 1. The second-order valence-electron chi connectivity index (χ2n) is 5.81. The normalized spacial score (nSPS) is 18.8. The molecule has 0 saturated carbocycles. The monoisotopic (exact) mass is 312 g/mol. The first-order chi connectivity index (χ1) is 9.77. The van der Waals surface area contributed by atoms with Crippen molar-refractivity contribution < 1.29 is 8.42 Å². The second-order valence-corrected chi connectivity index (χ2v) is 7.80. The minimum atomic E-state index is -3.09. The molecule has 1 unspecified atom stereocenters. The zero-order chi connectivity index (χ0) is 15.6. The number of nitrogens with zero attached hydrogens (tertiary/aromatic N) is 3. The number of hydrogen-bond donors (Lipinski definition) is 1. The molecule has 0 bridgehead atoms. The van der Waals surface area contributed by atoms with Crippen LogP contribution in [0.15, 0.2) is 12.3 Å². The van der Waals surface area contributed by atoms with E-state index in [1.807, 2.05) is 20.0 Å². The lowest BCUT2D eigenvalue weighted by molar-refractivity contribution is 0.386. The Kier molecular flexibility index (Phi) is 4.85. The molecule has 1 aliphatic rings. The molecule has 6 nitrogen and oxygen atoms in total. The molecular weight excluding hydrogens is 288 g/mol. The van der Waals surface area contributed by atoms with E-state index in [1.165, 1.54) is 10.6 Å². The summed E-state index contributed by atoms with van der Waals surface area (Å²) in [5, 5.41) is 0. The van der Waals surface area contributed by atoms with Crippen molar-refractivity contribution in [3.05, 3.63) is 23.4 Å². The molecule has 1 fully saturated rings. The van der Waals surface area contributed by atoms with Crippen molar-refractivity contribution >= 4 is 15.8 Å². The molecule has 1 aromatic rings. The quantitative estimate of drug-likeness (QED) is 0.868. The van der Waals surface area contributed by atoms with Crippen LogP contribution in [-0.4, -0.2) is 56.2 Å². The average molecular weight is 312 g/mol. The van der Waals surface area contributed by atoms with E-state index in [4.69, 9.17) is 5.73 Å². The third-order valence-corrected chi connectivity index (χ3v) is 4.98. The number of piperazine rings is 1. The summed E-state index contributed by atoms with van der Waals surface area (Å²) in [6.07, 6.45) is 3.94. The van der Waals surface area contributed by atoms with Crippen LogP contribution in [0.4, 0.5) is 5.82 Å². The average Bonchev–Trinajstić information content (AvgIpc) is 2.37. The van der Waals surface area contributed by atoms with Gasteiger partial charge >= 0.3 is 0 Å². The van der Waals surface area contributed by atoms with Gasteiger partial charge in [0, 0.05) is 38.4 Å². The number of sulfonamides is 1. The highest BCUT2D eigenvalue weighted by Gasteiger charge is 2.24. The number of hydrogen-bond acceptors (Lipinski definition) is 5. The Hall–Kier alpha value is -1.18. The Labute approximate surface area is 127 Å². The molecular formula is C14H24N4O2S. The lowest BCUT2D eigenvalue weighted by Gasteiger charge is -2.34. The van der Waals surface area contributed by atoms with Gasteiger partial charge in [-0.25, -0.2) is 13.4 Å². The fraction of sp³-hybridized carbons (Fsp3) is 0.643. The van der Waals surface area contributed by atoms with Crippen LogP contribution in [0.1, 0.15) is 18.1 Å². The van der Waals surface area contributed by atoms with E-state index in [1.54, 1.807) is 0 Å². The van der Waals surface area contributed by atoms with Gasteiger partial charge < -0.3 is 10.6 Å². The van der Waals surface area contributed by atoms with Crippen LogP contribution in [-0.2, 0) is 16.4 Å². The molecule has 1 atom stereocenters. The topological polar surface area (TPSA) is 79.5 Å². The van der Waals surface area contributed by atoms with Crippen molar-refractivity contribution in [2.45, 2.75) is 26.3 Å². The molecule has 0 amide bonds. The van der Waals surface area contributed by atoms with Crippen LogP contribution in [0.2, 0.25) is 0 Å². The summed E-state index contributed by atoms with van der Waals surface area (Å²) in [6, 6.07) is 2.24. The number of nitrogens with two attached hydrogens (primary N) is 1. The molecule has 0 spiro atoms. The largest absolute Gasteiger partial charge is 0.354 e. The van der Waals surface area contributed by atoms with E-state index in [0.717, 1.165) is 23.4 Å². The molecule has 7 heteroatoms. The van der Waals surface area contributed by atoms with Crippen LogP contribution in [0.3, 0.4) is 0 Å². The van der Waals surface area contributed by atoms with E-state index < -0.39 is 10.0 Å². The van der Waals surface area contributed by atoms with Crippen LogP contribution < -0.4 is 10.6 Å². The zero-order valence-corrected chi connectivity index (χ0v) is 13.7. The van der Waals surface area contributed by atoms with Gasteiger partial charge in [-0.2, -0.15) is 4.31 Å². The van der Waals surface area contributed by atoms with Crippen molar-refractivity contribution in [3.8, 4) is 0 Å². The van der Waals surface area contributed by atoms with Crippen LogP contribution >= 0.6 is 0 Å². The first-order valence-electron chi connectivity index (χ1n) is 7.18. The first kappa shape index (κ1) is 16.2. The maximum Gasteiger partial charge on any atom is 0.211 e. The van der Waals surface area contributed by atoms with Gasteiger partial charge in [-0.05, 0) is 31.4 Å². The Morgan fingerprint density at radius 3 is 2.43 bits per heavy atom. The summed E-state index contributed by atoms with van der Waals surface area (Å²) in [6.45, 7) is 6.40. The molecule has 1 aliphatic heterocycles. The van der Waals surface area contributed by atoms with Crippen LogP contribution in [0, 0.1) is 6.92 Å². The Morgan fingerprint density at radius 1 is 1.33 bits per heavy atom. The van der Waals surface area contributed by atoms with E-state index in [-0.39, 0.29) is 6.04 Å². The van der Waals surface area contributed by atoms with Gasteiger partial charge in [0.2, 0.25) is 10.0 Å². The van der Waals surface area contributed by atoms with Crippen molar-refractivity contribution in [2.24, 2.45) is 5.73 Å². The number of aromatic nitrogens is 1. The third-order valence-electron chi connectivity index (χ3n) is 3.67. The molecule has 1 aromatic heterocycles. The SMILES string of the molecule is Cc1cc(CC(C)N)cnc1N1CCN(S(C)(=O)=O)CC1. The van der Waals surface area contributed by atoms with Crippen molar-refractivity contribution in [2.75, 3.05) is 37.3 Å². The number of pyridine rings is 1. The fourth-order valence-corrected chi connectivity index (χ4v) is 3.50. The standard InChI is InChI=1S/C14H24N4O2S/c1-11-8-13(9-12(2)15)10-16-14(11)17-4-6-18(7-5-17)21(3,19)20/h8,10,12H,4-7,9,15H2,1-3H3. The molecule has 2 heterocycles. The van der Waals surface area contributed by atoms with Crippen LogP contribution in [0.5, 0.6) is 0 Å². The van der Waals surface area contributed by atoms with Crippen molar-refractivity contribution in [1.82, 2.24) is 9.29 Å². The van der Waals surface area contributed by atoms with E-state index >= 15 is 0 Å².